The number of hydrogen-bond donors (Lipinski definition) is 0. The Kier molecular flexibility index (Phi) is 6.89. The number of thiazole rings is 1. The zero-order valence-corrected chi connectivity index (χ0v) is 21.8. The monoisotopic (exact) mass is 577 g/mol. The second-order valence-electron chi connectivity index (χ2n) is 7.44. The van der Waals surface area contributed by atoms with Crippen molar-refractivity contribution in [2.24, 2.45) is 4.99 Å². The molecule has 2 aromatic heterocycles. The first-order valence-electron chi connectivity index (χ1n) is 10.6. The van der Waals surface area contributed by atoms with E-state index in [9.17, 15) is 9.59 Å². The number of methoxy groups -OCH3 is 1. The van der Waals surface area contributed by atoms with Crippen LogP contribution in [0.5, 0.6) is 5.75 Å². The van der Waals surface area contributed by atoms with Crippen LogP contribution in [-0.2, 0) is 4.79 Å². The summed E-state index contributed by atoms with van der Waals surface area (Å²) in [5.74, 6) is 1.07. The number of carbonyl (C=O) groups excluding carboxylic acids is 1. The van der Waals surface area contributed by atoms with Crippen molar-refractivity contribution in [3.8, 4) is 5.75 Å². The minimum Gasteiger partial charge on any atom is -0.496 e. The lowest BCUT2D eigenvalue weighted by atomic mass is 9.94. The topological polar surface area (TPSA) is 77.0 Å². The Hall–Kier alpha value is -2.66. The Labute approximate surface area is 208 Å². The summed E-state index contributed by atoms with van der Waals surface area (Å²) < 4.78 is 14.1. The maximum absolute atomic E-state index is 13.6. The van der Waals surface area contributed by atoms with Gasteiger partial charge >= 0.3 is 0 Å². The van der Waals surface area contributed by atoms with E-state index in [2.05, 4.69) is 27.6 Å². The fourth-order valence-electron chi connectivity index (χ4n) is 4.00. The van der Waals surface area contributed by atoms with Gasteiger partial charge in [-0.2, -0.15) is 0 Å². The molecular weight excluding hydrogens is 553 g/mol. The molecule has 0 saturated heterocycles. The SMILES string of the molecule is CCN(CC)C(=O)C1=C(C)N=c2s/c(=C/c3ccc(I)o3)c(=O)n2[C@@H]1c1ccccc1OC. The van der Waals surface area contributed by atoms with Crippen molar-refractivity contribution in [2.75, 3.05) is 20.2 Å². The zero-order chi connectivity index (χ0) is 23.7. The van der Waals surface area contributed by atoms with Crippen LogP contribution < -0.4 is 19.6 Å². The van der Waals surface area contributed by atoms with Gasteiger partial charge in [-0.3, -0.25) is 14.2 Å². The maximum Gasteiger partial charge on any atom is 0.271 e. The van der Waals surface area contributed by atoms with Gasteiger partial charge in [0.25, 0.3) is 11.5 Å². The number of carbonyl (C=O) groups is 1. The highest BCUT2D eigenvalue weighted by molar-refractivity contribution is 14.1. The Morgan fingerprint density at radius 2 is 2.00 bits per heavy atom. The van der Waals surface area contributed by atoms with Crippen molar-refractivity contribution in [1.29, 1.82) is 0 Å². The smallest absolute Gasteiger partial charge is 0.271 e. The van der Waals surface area contributed by atoms with E-state index in [0.29, 0.717) is 45.2 Å². The van der Waals surface area contributed by atoms with Gasteiger partial charge in [0.05, 0.1) is 22.9 Å². The third-order valence-corrected chi connectivity index (χ3v) is 7.17. The lowest BCUT2D eigenvalue weighted by molar-refractivity contribution is -0.127. The molecule has 0 radical (unpaired) electrons. The van der Waals surface area contributed by atoms with Crippen LogP contribution in [0.2, 0.25) is 0 Å². The molecule has 1 aliphatic heterocycles. The van der Waals surface area contributed by atoms with E-state index < -0.39 is 6.04 Å². The molecular formula is C24H24IN3O4S. The molecule has 0 spiro atoms. The molecule has 4 rings (SSSR count). The molecule has 1 amide bonds. The number of allylic oxidation sites excluding steroid dienone is 1. The van der Waals surface area contributed by atoms with Gasteiger partial charge in [-0.25, -0.2) is 4.99 Å². The summed E-state index contributed by atoms with van der Waals surface area (Å²) in [6, 6.07) is 10.5. The van der Waals surface area contributed by atoms with Crippen molar-refractivity contribution < 1.29 is 13.9 Å². The van der Waals surface area contributed by atoms with Crippen LogP contribution in [0.15, 0.2) is 61.9 Å². The molecule has 0 fully saturated rings. The number of aromatic nitrogens is 1. The molecule has 1 aliphatic rings. The number of para-hydroxylation sites is 1. The molecule has 7 nitrogen and oxygen atoms in total. The second-order valence-corrected chi connectivity index (χ2v) is 9.52. The lowest BCUT2D eigenvalue weighted by Crippen LogP contribution is -2.43. The normalized spacial score (nSPS) is 15.9. The first kappa shape index (κ1) is 23.5. The van der Waals surface area contributed by atoms with Crippen LogP contribution in [0.4, 0.5) is 0 Å². The molecule has 3 heterocycles. The van der Waals surface area contributed by atoms with Crippen molar-refractivity contribution >= 4 is 45.9 Å². The minimum atomic E-state index is -0.649. The van der Waals surface area contributed by atoms with E-state index in [4.69, 9.17) is 9.15 Å². The van der Waals surface area contributed by atoms with Gasteiger partial charge in [-0.15, -0.1) is 0 Å². The largest absolute Gasteiger partial charge is 0.496 e. The van der Waals surface area contributed by atoms with Crippen molar-refractivity contribution in [3.63, 3.8) is 0 Å². The molecule has 1 atom stereocenters. The molecule has 0 saturated carbocycles. The predicted molar refractivity (Wildman–Crippen MR) is 136 cm³/mol. The average Bonchev–Trinajstić information content (AvgIpc) is 3.35. The van der Waals surface area contributed by atoms with Crippen molar-refractivity contribution in [1.82, 2.24) is 9.47 Å². The number of halogens is 1. The first-order chi connectivity index (χ1) is 15.9. The number of rotatable bonds is 6. The van der Waals surface area contributed by atoms with E-state index in [-0.39, 0.29) is 11.5 Å². The summed E-state index contributed by atoms with van der Waals surface area (Å²) in [7, 11) is 1.59. The van der Waals surface area contributed by atoms with Crippen LogP contribution in [-0.4, -0.2) is 35.6 Å². The molecule has 0 aliphatic carbocycles. The molecule has 33 heavy (non-hydrogen) atoms. The number of likely N-dealkylation sites (N-methyl/N-ethyl adjacent to an activating group) is 1. The van der Waals surface area contributed by atoms with E-state index in [1.165, 1.54) is 11.3 Å². The number of hydrogen-bond acceptors (Lipinski definition) is 6. The molecule has 3 aromatic rings. The fourth-order valence-corrected chi connectivity index (χ4v) is 5.46. The standard InChI is InChI=1S/C24H24IN3O4S/c1-5-27(6-2)23(30)20-14(3)26-24-28(21(20)16-9-7-8-10-17(16)31-4)22(29)18(33-24)13-15-11-12-19(25)32-15/h7-13,21H,5-6H2,1-4H3/b18-13+/t21-/m1/s1. The second kappa shape index (κ2) is 9.68. The van der Waals surface area contributed by atoms with Gasteiger partial charge in [0.15, 0.2) is 8.57 Å². The highest BCUT2D eigenvalue weighted by Crippen LogP contribution is 2.35. The summed E-state index contributed by atoms with van der Waals surface area (Å²) in [6.07, 6.45) is 1.72. The predicted octanol–water partition coefficient (Wildman–Crippen LogP) is 3.31. The zero-order valence-electron chi connectivity index (χ0n) is 18.8. The Morgan fingerprint density at radius 1 is 1.27 bits per heavy atom. The quantitative estimate of drug-likeness (QED) is 0.422. The van der Waals surface area contributed by atoms with Crippen molar-refractivity contribution in [3.05, 3.63) is 82.4 Å². The van der Waals surface area contributed by atoms with Gasteiger partial charge in [0, 0.05) is 24.7 Å². The minimum absolute atomic E-state index is 0.132. The molecule has 0 N–H and O–H groups in total. The summed E-state index contributed by atoms with van der Waals surface area (Å²) in [6.45, 7) is 6.83. The Balaban J connectivity index is 2.00. The summed E-state index contributed by atoms with van der Waals surface area (Å²) in [5.41, 5.74) is 1.60. The summed E-state index contributed by atoms with van der Waals surface area (Å²) in [4.78, 5) is 34.2. The van der Waals surface area contributed by atoms with Gasteiger partial charge in [0.1, 0.15) is 17.6 Å². The van der Waals surface area contributed by atoms with Crippen LogP contribution in [0, 0.1) is 3.77 Å². The number of furan rings is 1. The van der Waals surface area contributed by atoms with Gasteiger partial charge in [0.2, 0.25) is 0 Å². The number of benzene rings is 1. The van der Waals surface area contributed by atoms with Gasteiger partial charge in [-0.1, -0.05) is 29.5 Å². The lowest BCUT2D eigenvalue weighted by Gasteiger charge is -2.29. The van der Waals surface area contributed by atoms with Gasteiger partial charge in [-0.05, 0) is 61.6 Å². The third-order valence-electron chi connectivity index (χ3n) is 5.60. The van der Waals surface area contributed by atoms with Gasteiger partial charge < -0.3 is 14.1 Å². The highest BCUT2D eigenvalue weighted by atomic mass is 127. The van der Waals surface area contributed by atoms with E-state index in [1.807, 2.05) is 57.2 Å². The number of amides is 1. The molecule has 1 aromatic carbocycles. The van der Waals surface area contributed by atoms with E-state index in [0.717, 1.165) is 9.33 Å². The first-order valence-corrected chi connectivity index (χ1v) is 12.5. The van der Waals surface area contributed by atoms with Crippen LogP contribution in [0.25, 0.3) is 6.08 Å². The maximum atomic E-state index is 13.6. The number of nitrogens with zero attached hydrogens (tertiary/aromatic N) is 3. The molecule has 172 valence electrons. The van der Waals surface area contributed by atoms with Crippen LogP contribution in [0.1, 0.15) is 38.1 Å². The van der Waals surface area contributed by atoms with Crippen molar-refractivity contribution in [2.45, 2.75) is 26.8 Å². The Morgan fingerprint density at radius 3 is 2.64 bits per heavy atom. The average molecular weight is 577 g/mol. The molecule has 9 heteroatoms. The summed E-state index contributed by atoms with van der Waals surface area (Å²) >= 11 is 3.37. The van der Waals surface area contributed by atoms with Crippen LogP contribution in [0.3, 0.4) is 0 Å². The van der Waals surface area contributed by atoms with Crippen LogP contribution >= 0.6 is 33.9 Å². The number of fused-ring (bicyclic) bond motifs is 1. The van der Waals surface area contributed by atoms with E-state index in [1.54, 1.807) is 22.7 Å². The summed E-state index contributed by atoms with van der Waals surface area (Å²) in [5, 5.41) is 0. The third kappa shape index (κ3) is 4.31. The fraction of sp³-hybridized carbons (Fsp3) is 0.292. The Bertz CT molecular complexity index is 1410. The molecule has 0 bridgehead atoms. The van der Waals surface area contributed by atoms with E-state index >= 15 is 0 Å². The number of ether oxygens (including phenoxy) is 1. The highest BCUT2D eigenvalue weighted by Gasteiger charge is 2.35. The molecule has 0 unspecified atom stereocenters.